The Morgan fingerprint density at radius 3 is 2.74 bits per heavy atom. The molecule has 9 heteroatoms. The minimum absolute atomic E-state index is 0.0370. The van der Waals surface area contributed by atoms with Gasteiger partial charge in [0.15, 0.2) is 12.4 Å². The summed E-state index contributed by atoms with van der Waals surface area (Å²) in [5.41, 5.74) is 0. The van der Waals surface area contributed by atoms with Crippen molar-refractivity contribution in [3.8, 4) is 5.75 Å². The van der Waals surface area contributed by atoms with E-state index in [1.807, 2.05) is 0 Å². The maximum Gasteiger partial charge on any atom is 0.264 e. The molecule has 7 nitrogen and oxygen atoms in total. The van der Waals surface area contributed by atoms with Crippen LogP contribution in [-0.4, -0.2) is 18.6 Å². The molecule has 0 saturated carbocycles. The van der Waals surface area contributed by atoms with Gasteiger partial charge in [-0.2, -0.15) is 4.98 Å². The lowest BCUT2D eigenvalue weighted by Crippen LogP contribution is -2.12. The van der Waals surface area contributed by atoms with Crippen molar-refractivity contribution in [2.45, 2.75) is 18.4 Å². The summed E-state index contributed by atoms with van der Waals surface area (Å²) in [6.45, 7) is 1.72. The molecule has 0 aliphatic carbocycles. The molecule has 0 atom stereocenters. The minimum atomic E-state index is -3.79. The first-order valence-electron chi connectivity index (χ1n) is 5.10. The summed E-state index contributed by atoms with van der Waals surface area (Å²) in [5.74, 6) is 1.09. The lowest BCUT2D eigenvalue weighted by molar-refractivity contribution is 0.242. The average molecular weight is 304 g/mol. The monoisotopic (exact) mass is 303 g/mol. The van der Waals surface area contributed by atoms with Crippen LogP contribution in [0.1, 0.15) is 11.7 Å². The smallest absolute Gasteiger partial charge is 0.264 e. The summed E-state index contributed by atoms with van der Waals surface area (Å²) in [6.07, 6.45) is 0. The van der Waals surface area contributed by atoms with E-state index < -0.39 is 10.0 Å². The van der Waals surface area contributed by atoms with E-state index in [1.165, 1.54) is 18.2 Å². The highest BCUT2D eigenvalue weighted by molar-refractivity contribution is 7.89. The molecule has 2 rings (SSSR count). The van der Waals surface area contributed by atoms with E-state index in [9.17, 15) is 8.42 Å². The van der Waals surface area contributed by atoms with E-state index in [1.54, 1.807) is 6.92 Å². The maximum absolute atomic E-state index is 11.1. The van der Waals surface area contributed by atoms with Crippen molar-refractivity contribution in [1.82, 2.24) is 10.1 Å². The van der Waals surface area contributed by atoms with Gasteiger partial charge < -0.3 is 9.26 Å². The predicted molar refractivity (Wildman–Crippen MR) is 66.2 cm³/mol. The van der Waals surface area contributed by atoms with Gasteiger partial charge in [0.05, 0.1) is 9.92 Å². The van der Waals surface area contributed by atoms with Gasteiger partial charge in [-0.1, -0.05) is 16.8 Å². The maximum atomic E-state index is 11.1. The molecule has 0 radical (unpaired) electrons. The molecule has 0 aliphatic rings. The summed E-state index contributed by atoms with van der Waals surface area (Å²) < 4.78 is 32.4. The Morgan fingerprint density at radius 2 is 2.21 bits per heavy atom. The molecule has 1 aromatic carbocycles. The van der Waals surface area contributed by atoms with Gasteiger partial charge in [-0.25, -0.2) is 13.6 Å². The fourth-order valence-corrected chi connectivity index (χ4v) is 2.15. The van der Waals surface area contributed by atoms with Crippen LogP contribution in [0.4, 0.5) is 0 Å². The van der Waals surface area contributed by atoms with Gasteiger partial charge in [0, 0.05) is 0 Å². The third-order valence-electron chi connectivity index (χ3n) is 2.15. The van der Waals surface area contributed by atoms with Crippen molar-refractivity contribution < 1.29 is 17.7 Å². The second-order valence-corrected chi connectivity index (χ2v) is 5.63. The molecular weight excluding hydrogens is 294 g/mol. The van der Waals surface area contributed by atoms with Gasteiger partial charge in [-0.15, -0.1) is 0 Å². The number of hydrogen-bond donors (Lipinski definition) is 1. The fraction of sp³-hybridized carbons (Fsp3) is 0.200. The van der Waals surface area contributed by atoms with Gasteiger partial charge in [0.25, 0.3) is 5.89 Å². The number of nitrogens with two attached hydrogens (primary N) is 1. The van der Waals surface area contributed by atoms with Crippen molar-refractivity contribution >= 4 is 21.6 Å². The number of rotatable bonds is 4. The molecule has 19 heavy (non-hydrogen) atoms. The van der Waals surface area contributed by atoms with E-state index in [0.29, 0.717) is 17.5 Å². The highest BCUT2D eigenvalue weighted by Crippen LogP contribution is 2.27. The van der Waals surface area contributed by atoms with Crippen molar-refractivity contribution in [3.05, 3.63) is 34.9 Å². The van der Waals surface area contributed by atoms with Crippen LogP contribution in [0.5, 0.6) is 5.75 Å². The Hall–Kier alpha value is -1.64. The summed E-state index contributed by atoms with van der Waals surface area (Å²) in [6, 6.07) is 3.92. The highest BCUT2D eigenvalue weighted by Gasteiger charge is 2.12. The molecule has 0 amide bonds. The minimum Gasteiger partial charge on any atom is -0.482 e. The second-order valence-electron chi connectivity index (χ2n) is 3.66. The van der Waals surface area contributed by atoms with Crippen molar-refractivity contribution in [2.75, 3.05) is 0 Å². The van der Waals surface area contributed by atoms with E-state index >= 15 is 0 Å². The first-order valence-corrected chi connectivity index (χ1v) is 7.03. The van der Waals surface area contributed by atoms with Gasteiger partial charge in [0.1, 0.15) is 5.75 Å². The standard InChI is InChI=1S/C10H10ClN3O4S/c1-6-13-10(18-14-6)5-17-9-3-2-7(4-8(9)11)19(12,15)16/h2-4H,5H2,1H3,(H2,12,15,16). The largest absolute Gasteiger partial charge is 0.482 e. The quantitative estimate of drug-likeness (QED) is 0.910. The van der Waals surface area contributed by atoms with E-state index in [0.717, 1.165) is 0 Å². The van der Waals surface area contributed by atoms with Crippen molar-refractivity contribution in [2.24, 2.45) is 5.14 Å². The van der Waals surface area contributed by atoms with Crippen LogP contribution >= 0.6 is 11.6 Å². The van der Waals surface area contributed by atoms with Gasteiger partial charge in [-0.05, 0) is 25.1 Å². The van der Waals surface area contributed by atoms with Crippen LogP contribution in [0.3, 0.4) is 0 Å². The SMILES string of the molecule is Cc1noc(COc2ccc(S(N)(=O)=O)cc2Cl)n1. The number of aryl methyl sites for hydroxylation is 1. The zero-order valence-corrected chi connectivity index (χ0v) is 11.4. The molecule has 1 heterocycles. The normalized spacial score (nSPS) is 11.5. The van der Waals surface area contributed by atoms with Gasteiger partial charge >= 0.3 is 0 Å². The summed E-state index contributed by atoms with van der Waals surface area (Å²) in [5, 5.41) is 8.71. The lowest BCUT2D eigenvalue weighted by Gasteiger charge is -2.06. The van der Waals surface area contributed by atoms with Gasteiger partial charge in [-0.3, -0.25) is 0 Å². The molecule has 0 bridgehead atoms. The van der Waals surface area contributed by atoms with Crippen LogP contribution in [0.2, 0.25) is 5.02 Å². The van der Waals surface area contributed by atoms with Crippen LogP contribution in [-0.2, 0) is 16.6 Å². The van der Waals surface area contributed by atoms with E-state index in [2.05, 4.69) is 10.1 Å². The number of halogens is 1. The Bertz CT molecular complexity index is 699. The fourth-order valence-electron chi connectivity index (χ4n) is 1.31. The lowest BCUT2D eigenvalue weighted by atomic mass is 10.3. The van der Waals surface area contributed by atoms with Crippen LogP contribution in [0.25, 0.3) is 0 Å². The Labute approximate surface area is 114 Å². The number of ether oxygens (including phenoxy) is 1. The van der Waals surface area contributed by atoms with Crippen LogP contribution in [0.15, 0.2) is 27.6 Å². The van der Waals surface area contributed by atoms with E-state index in [-0.39, 0.29) is 16.5 Å². The first-order chi connectivity index (χ1) is 8.86. The molecule has 0 unspecified atom stereocenters. The number of nitrogens with zero attached hydrogens (tertiary/aromatic N) is 2. The third-order valence-corrected chi connectivity index (χ3v) is 3.36. The molecule has 102 valence electrons. The van der Waals surface area contributed by atoms with Crippen LogP contribution in [0, 0.1) is 6.92 Å². The molecular formula is C10H10ClN3O4S. The summed E-state index contributed by atoms with van der Waals surface area (Å²) >= 11 is 5.90. The molecule has 0 saturated heterocycles. The van der Waals surface area contributed by atoms with Gasteiger partial charge in [0.2, 0.25) is 10.0 Å². The summed E-state index contributed by atoms with van der Waals surface area (Å²) in [4.78, 5) is 3.87. The number of benzene rings is 1. The van der Waals surface area contributed by atoms with Crippen LogP contribution < -0.4 is 9.88 Å². The van der Waals surface area contributed by atoms with E-state index in [4.69, 9.17) is 26.0 Å². The number of sulfonamides is 1. The topological polar surface area (TPSA) is 108 Å². The molecule has 0 spiro atoms. The third kappa shape index (κ3) is 3.43. The zero-order valence-electron chi connectivity index (χ0n) is 9.83. The molecule has 2 aromatic rings. The molecule has 0 fully saturated rings. The average Bonchev–Trinajstić information content (AvgIpc) is 2.72. The Morgan fingerprint density at radius 1 is 1.47 bits per heavy atom. The predicted octanol–water partition coefficient (Wildman–Crippen LogP) is 1.26. The highest BCUT2D eigenvalue weighted by atomic mass is 35.5. The Kier molecular flexibility index (Phi) is 3.74. The second kappa shape index (κ2) is 5.16. The number of hydrogen-bond acceptors (Lipinski definition) is 6. The number of primary sulfonamides is 1. The molecule has 1 aromatic heterocycles. The number of aromatic nitrogens is 2. The summed E-state index contributed by atoms with van der Waals surface area (Å²) in [7, 11) is -3.79. The van der Waals surface area contributed by atoms with Crippen molar-refractivity contribution in [1.29, 1.82) is 0 Å². The van der Waals surface area contributed by atoms with Crippen molar-refractivity contribution in [3.63, 3.8) is 0 Å². The first kappa shape index (κ1) is 13.8. The zero-order chi connectivity index (χ0) is 14.0. The Balaban J connectivity index is 2.14. The molecule has 0 aliphatic heterocycles. The molecule has 2 N–H and O–H groups in total.